The lowest BCUT2D eigenvalue weighted by Crippen LogP contribution is -2.23. The molecule has 20 heavy (non-hydrogen) atoms. The molecular formula is C16H21NO3. The second kappa shape index (κ2) is 7.70. The number of carbonyl (C=O) groups is 1. The van der Waals surface area contributed by atoms with E-state index >= 15 is 0 Å². The Kier molecular flexibility index (Phi) is 5.62. The summed E-state index contributed by atoms with van der Waals surface area (Å²) in [4.78, 5) is 11.6. The molecule has 4 nitrogen and oxygen atoms in total. The van der Waals surface area contributed by atoms with E-state index in [0.717, 1.165) is 37.4 Å². The van der Waals surface area contributed by atoms with Gasteiger partial charge in [0.05, 0.1) is 6.61 Å². The summed E-state index contributed by atoms with van der Waals surface area (Å²) in [6, 6.07) is 5.99. The van der Waals surface area contributed by atoms with Crippen LogP contribution in [0.2, 0.25) is 0 Å². The quantitative estimate of drug-likeness (QED) is 0.613. The summed E-state index contributed by atoms with van der Waals surface area (Å²) in [5.41, 5.74) is 2.24. The smallest absolute Gasteiger partial charge is 0.244 e. The Bertz CT molecular complexity index is 483. The Balaban J connectivity index is 1.76. The van der Waals surface area contributed by atoms with Crippen LogP contribution in [0.3, 0.4) is 0 Å². The van der Waals surface area contributed by atoms with Gasteiger partial charge in [0.2, 0.25) is 5.91 Å². The minimum absolute atomic E-state index is 0.0711. The van der Waals surface area contributed by atoms with Crippen LogP contribution in [0.1, 0.15) is 24.5 Å². The lowest BCUT2D eigenvalue weighted by Gasteiger charge is -2.02. The average Bonchev–Trinajstić information content (AvgIpc) is 2.92. The zero-order valence-corrected chi connectivity index (χ0v) is 11.9. The van der Waals surface area contributed by atoms with Crippen LogP contribution >= 0.6 is 0 Å². The molecule has 1 N–H and O–H groups in total. The van der Waals surface area contributed by atoms with Crippen molar-refractivity contribution in [2.24, 2.45) is 0 Å². The number of benzene rings is 1. The largest absolute Gasteiger partial charge is 0.493 e. The van der Waals surface area contributed by atoms with Gasteiger partial charge >= 0.3 is 0 Å². The third-order valence-corrected chi connectivity index (χ3v) is 3.11. The molecule has 0 aromatic heterocycles. The Labute approximate surface area is 119 Å². The average molecular weight is 275 g/mol. The molecule has 0 bridgehead atoms. The molecule has 1 heterocycles. The Morgan fingerprint density at radius 1 is 1.50 bits per heavy atom. The second-order valence-electron chi connectivity index (χ2n) is 4.64. The summed E-state index contributed by atoms with van der Waals surface area (Å²) in [5, 5.41) is 2.83. The summed E-state index contributed by atoms with van der Waals surface area (Å²) >= 11 is 0. The Morgan fingerprint density at radius 3 is 3.25 bits per heavy atom. The number of amides is 1. The molecule has 4 heteroatoms. The van der Waals surface area contributed by atoms with Gasteiger partial charge in [-0.25, -0.2) is 0 Å². The van der Waals surface area contributed by atoms with Crippen LogP contribution in [0.4, 0.5) is 0 Å². The molecule has 0 fully saturated rings. The van der Waals surface area contributed by atoms with Gasteiger partial charge in [-0.15, -0.1) is 0 Å². The summed E-state index contributed by atoms with van der Waals surface area (Å²) < 4.78 is 10.7. The van der Waals surface area contributed by atoms with Crippen molar-refractivity contribution >= 4 is 12.0 Å². The predicted molar refractivity (Wildman–Crippen MR) is 78.8 cm³/mol. The van der Waals surface area contributed by atoms with Crippen LogP contribution in [-0.2, 0) is 16.0 Å². The van der Waals surface area contributed by atoms with Gasteiger partial charge in [-0.1, -0.05) is 6.07 Å². The number of ether oxygens (including phenoxy) is 2. The van der Waals surface area contributed by atoms with Gasteiger partial charge in [0, 0.05) is 32.3 Å². The molecule has 108 valence electrons. The molecule has 0 atom stereocenters. The molecule has 0 aliphatic carbocycles. The first kappa shape index (κ1) is 14.6. The van der Waals surface area contributed by atoms with E-state index in [2.05, 4.69) is 11.4 Å². The SMILES string of the molecule is CCOCCCNC(=O)/C=C/c1ccc2c(c1)CCO2. The van der Waals surface area contributed by atoms with Crippen molar-refractivity contribution in [2.45, 2.75) is 19.8 Å². The maximum atomic E-state index is 11.6. The summed E-state index contributed by atoms with van der Waals surface area (Å²) in [6.45, 7) is 4.76. The summed E-state index contributed by atoms with van der Waals surface area (Å²) in [6.07, 6.45) is 5.18. The molecule has 1 amide bonds. The molecule has 1 aliphatic rings. The molecule has 0 saturated carbocycles. The maximum Gasteiger partial charge on any atom is 0.244 e. The fraction of sp³-hybridized carbons (Fsp3) is 0.438. The van der Waals surface area contributed by atoms with Crippen LogP contribution in [0.15, 0.2) is 24.3 Å². The highest BCUT2D eigenvalue weighted by atomic mass is 16.5. The highest BCUT2D eigenvalue weighted by molar-refractivity contribution is 5.91. The Morgan fingerprint density at radius 2 is 2.40 bits per heavy atom. The van der Waals surface area contributed by atoms with Gasteiger partial charge in [-0.2, -0.15) is 0 Å². The van der Waals surface area contributed by atoms with Gasteiger partial charge in [0.15, 0.2) is 0 Å². The third kappa shape index (κ3) is 4.38. The second-order valence-corrected chi connectivity index (χ2v) is 4.64. The maximum absolute atomic E-state index is 11.6. The van der Waals surface area contributed by atoms with Crippen LogP contribution < -0.4 is 10.1 Å². The third-order valence-electron chi connectivity index (χ3n) is 3.11. The highest BCUT2D eigenvalue weighted by Gasteiger charge is 2.10. The Hall–Kier alpha value is -1.81. The molecule has 1 aliphatic heterocycles. The van der Waals surface area contributed by atoms with Crippen molar-refractivity contribution in [3.63, 3.8) is 0 Å². The van der Waals surface area contributed by atoms with E-state index in [-0.39, 0.29) is 5.91 Å². The van der Waals surface area contributed by atoms with Gasteiger partial charge in [-0.3, -0.25) is 4.79 Å². The zero-order chi connectivity index (χ0) is 14.2. The zero-order valence-electron chi connectivity index (χ0n) is 11.9. The highest BCUT2D eigenvalue weighted by Crippen LogP contribution is 2.26. The van der Waals surface area contributed by atoms with Crippen LogP contribution in [-0.4, -0.2) is 32.3 Å². The first-order valence-corrected chi connectivity index (χ1v) is 7.09. The number of nitrogens with one attached hydrogen (secondary N) is 1. The van der Waals surface area contributed by atoms with E-state index in [1.165, 1.54) is 5.56 Å². The predicted octanol–water partition coefficient (Wildman–Crippen LogP) is 2.18. The van der Waals surface area contributed by atoms with Crippen LogP contribution in [0, 0.1) is 0 Å². The molecular weight excluding hydrogens is 254 g/mol. The molecule has 0 spiro atoms. The normalized spacial score (nSPS) is 13.2. The van der Waals surface area contributed by atoms with E-state index in [1.807, 2.05) is 25.1 Å². The van der Waals surface area contributed by atoms with E-state index in [9.17, 15) is 4.79 Å². The molecule has 0 saturated heterocycles. The number of fused-ring (bicyclic) bond motifs is 1. The number of hydrogen-bond acceptors (Lipinski definition) is 3. The fourth-order valence-corrected chi connectivity index (χ4v) is 2.07. The summed E-state index contributed by atoms with van der Waals surface area (Å²) in [5.74, 6) is 0.890. The minimum Gasteiger partial charge on any atom is -0.493 e. The van der Waals surface area contributed by atoms with Gasteiger partial charge in [0.25, 0.3) is 0 Å². The van der Waals surface area contributed by atoms with Gasteiger partial charge < -0.3 is 14.8 Å². The van der Waals surface area contributed by atoms with Crippen molar-refractivity contribution in [2.75, 3.05) is 26.4 Å². The van der Waals surface area contributed by atoms with Crippen molar-refractivity contribution in [3.8, 4) is 5.75 Å². The fourth-order valence-electron chi connectivity index (χ4n) is 2.07. The van der Waals surface area contributed by atoms with Crippen molar-refractivity contribution < 1.29 is 14.3 Å². The van der Waals surface area contributed by atoms with E-state index < -0.39 is 0 Å². The lowest BCUT2D eigenvalue weighted by molar-refractivity contribution is -0.116. The topological polar surface area (TPSA) is 47.6 Å². The van der Waals surface area contributed by atoms with Crippen LogP contribution in [0.25, 0.3) is 6.08 Å². The molecule has 0 radical (unpaired) electrons. The number of hydrogen-bond donors (Lipinski definition) is 1. The van der Waals surface area contributed by atoms with Crippen molar-refractivity contribution in [1.29, 1.82) is 0 Å². The molecule has 0 unspecified atom stereocenters. The first-order valence-electron chi connectivity index (χ1n) is 7.09. The molecule has 2 rings (SSSR count). The van der Waals surface area contributed by atoms with Gasteiger partial charge in [-0.05, 0) is 42.7 Å². The van der Waals surface area contributed by atoms with E-state index in [1.54, 1.807) is 6.08 Å². The van der Waals surface area contributed by atoms with E-state index in [0.29, 0.717) is 13.2 Å². The monoisotopic (exact) mass is 275 g/mol. The molecule has 1 aromatic carbocycles. The van der Waals surface area contributed by atoms with E-state index in [4.69, 9.17) is 9.47 Å². The van der Waals surface area contributed by atoms with Gasteiger partial charge in [0.1, 0.15) is 5.75 Å². The number of carbonyl (C=O) groups excluding carboxylic acids is 1. The minimum atomic E-state index is -0.0711. The van der Waals surface area contributed by atoms with Crippen LogP contribution in [0.5, 0.6) is 5.75 Å². The van der Waals surface area contributed by atoms with Crippen molar-refractivity contribution in [1.82, 2.24) is 5.32 Å². The summed E-state index contributed by atoms with van der Waals surface area (Å²) in [7, 11) is 0. The van der Waals surface area contributed by atoms with Crippen molar-refractivity contribution in [3.05, 3.63) is 35.4 Å². The number of rotatable bonds is 7. The first-order chi connectivity index (χ1) is 9.79. The molecule has 1 aromatic rings. The standard InChI is InChI=1S/C16H21NO3/c1-2-19-10-3-9-17-16(18)7-5-13-4-6-15-14(12-13)8-11-20-15/h4-7,12H,2-3,8-11H2,1H3,(H,17,18)/b7-5+. The lowest BCUT2D eigenvalue weighted by atomic mass is 10.1.